The fourth-order valence-corrected chi connectivity index (χ4v) is 2.01. The van der Waals surface area contributed by atoms with E-state index in [1.54, 1.807) is 19.2 Å². The molecule has 0 saturated heterocycles. The molecule has 0 bridgehead atoms. The number of carbonyl (C=O) groups excluding carboxylic acids is 1. The van der Waals surface area contributed by atoms with E-state index >= 15 is 0 Å². The number of benzene rings is 1. The van der Waals surface area contributed by atoms with Crippen molar-refractivity contribution in [3.05, 3.63) is 22.7 Å². The van der Waals surface area contributed by atoms with Gasteiger partial charge >= 0.3 is 0 Å². The van der Waals surface area contributed by atoms with E-state index in [1.165, 1.54) is 0 Å². The first-order valence-electron chi connectivity index (χ1n) is 5.70. The van der Waals surface area contributed by atoms with E-state index in [4.69, 9.17) is 21.1 Å². The summed E-state index contributed by atoms with van der Waals surface area (Å²) < 4.78 is 10.3. The third-order valence-corrected chi connectivity index (χ3v) is 3.01. The average molecular weight is 271 g/mol. The van der Waals surface area contributed by atoms with Gasteiger partial charge in [-0.05, 0) is 18.6 Å². The van der Waals surface area contributed by atoms with E-state index in [0.29, 0.717) is 22.9 Å². The summed E-state index contributed by atoms with van der Waals surface area (Å²) in [4.78, 5) is 11.6. The fraction of sp³-hybridized carbons (Fsp3) is 0.417. The number of methoxy groups -OCH3 is 1. The number of nitrogens with one attached hydrogen (secondary N) is 2. The zero-order valence-electron chi connectivity index (χ0n) is 10.1. The Bertz CT molecular complexity index is 451. The second-order valence-electron chi connectivity index (χ2n) is 3.87. The Labute approximate surface area is 110 Å². The van der Waals surface area contributed by atoms with E-state index in [0.717, 1.165) is 18.7 Å². The van der Waals surface area contributed by atoms with Crippen LogP contribution in [0.3, 0.4) is 0 Å². The highest BCUT2D eigenvalue weighted by Gasteiger charge is 2.22. The van der Waals surface area contributed by atoms with Gasteiger partial charge in [-0.15, -0.1) is 0 Å². The molecule has 0 unspecified atom stereocenters. The van der Waals surface area contributed by atoms with Gasteiger partial charge < -0.3 is 20.1 Å². The SMILES string of the molecule is COCCCNc1ccc2c(c1Cl)OCNC2=O. The number of carbonyl (C=O) groups is 1. The second-order valence-corrected chi connectivity index (χ2v) is 4.25. The fourth-order valence-electron chi connectivity index (χ4n) is 1.72. The van der Waals surface area contributed by atoms with Gasteiger partial charge in [0.25, 0.3) is 5.91 Å². The summed E-state index contributed by atoms with van der Waals surface area (Å²) in [5, 5.41) is 6.22. The van der Waals surface area contributed by atoms with Gasteiger partial charge in [-0.2, -0.15) is 0 Å². The van der Waals surface area contributed by atoms with Gasteiger partial charge in [0.05, 0.1) is 11.3 Å². The zero-order valence-corrected chi connectivity index (χ0v) is 10.8. The van der Waals surface area contributed by atoms with Crippen LogP contribution in [0, 0.1) is 0 Å². The Hall–Kier alpha value is -1.46. The first kappa shape index (κ1) is 13.0. The van der Waals surface area contributed by atoms with Crippen LogP contribution in [0.1, 0.15) is 16.8 Å². The van der Waals surface area contributed by atoms with Crippen molar-refractivity contribution in [1.82, 2.24) is 5.32 Å². The van der Waals surface area contributed by atoms with Crippen LogP contribution in [-0.4, -0.2) is 32.9 Å². The molecule has 1 aliphatic rings. The highest BCUT2D eigenvalue weighted by Crippen LogP contribution is 2.36. The summed E-state index contributed by atoms with van der Waals surface area (Å²) in [5.41, 5.74) is 1.23. The maximum absolute atomic E-state index is 11.6. The lowest BCUT2D eigenvalue weighted by Crippen LogP contribution is -2.33. The first-order chi connectivity index (χ1) is 8.74. The number of anilines is 1. The number of hydrogen-bond acceptors (Lipinski definition) is 4. The van der Waals surface area contributed by atoms with Crippen LogP contribution in [0.4, 0.5) is 5.69 Å². The van der Waals surface area contributed by atoms with Crippen molar-refractivity contribution in [2.24, 2.45) is 0 Å². The summed E-state index contributed by atoms with van der Waals surface area (Å²) in [6.07, 6.45) is 0.880. The number of fused-ring (bicyclic) bond motifs is 1. The van der Waals surface area contributed by atoms with Gasteiger partial charge in [0.15, 0.2) is 12.5 Å². The molecule has 1 aliphatic heterocycles. The topological polar surface area (TPSA) is 59.6 Å². The molecular weight excluding hydrogens is 256 g/mol. The van der Waals surface area contributed by atoms with Crippen molar-refractivity contribution in [3.63, 3.8) is 0 Å². The molecule has 18 heavy (non-hydrogen) atoms. The lowest BCUT2D eigenvalue weighted by Gasteiger charge is -2.20. The van der Waals surface area contributed by atoms with Crippen LogP contribution in [0.5, 0.6) is 5.75 Å². The monoisotopic (exact) mass is 270 g/mol. The third-order valence-electron chi connectivity index (χ3n) is 2.63. The summed E-state index contributed by atoms with van der Waals surface area (Å²) >= 11 is 6.21. The second kappa shape index (κ2) is 5.93. The lowest BCUT2D eigenvalue weighted by atomic mass is 10.1. The van der Waals surface area contributed by atoms with Gasteiger partial charge in [0, 0.05) is 20.3 Å². The van der Waals surface area contributed by atoms with Gasteiger partial charge in [-0.25, -0.2) is 0 Å². The summed E-state index contributed by atoms with van der Waals surface area (Å²) in [6.45, 7) is 1.59. The molecule has 2 N–H and O–H groups in total. The highest BCUT2D eigenvalue weighted by molar-refractivity contribution is 6.35. The molecule has 0 atom stereocenters. The molecule has 0 aromatic heterocycles. The van der Waals surface area contributed by atoms with Crippen LogP contribution >= 0.6 is 11.6 Å². The number of rotatable bonds is 5. The highest BCUT2D eigenvalue weighted by atomic mass is 35.5. The first-order valence-corrected chi connectivity index (χ1v) is 6.08. The predicted molar refractivity (Wildman–Crippen MR) is 69.4 cm³/mol. The van der Waals surface area contributed by atoms with Crippen molar-refractivity contribution in [2.45, 2.75) is 6.42 Å². The molecule has 0 saturated carbocycles. The molecular formula is C12H15ClN2O3. The normalized spacial score (nSPS) is 13.6. The maximum atomic E-state index is 11.6. The van der Waals surface area contributed by atoms with Crippen LogP contribution in [-0.2, 0) is 4.74 Å². The maximum Gasteiger partial charge on any atom is 0.257 e. The molecule has 0 radical (unpaired) electrons. The Balaban J connectivity index is 2.11. The van der Waals surface area contributed by atoms with Crippen molar-refractivity contribution in [2.75, 3.05) is 32.3 Å². The summed E-state index contributed by atoms with van der Waals surface area (Å²) in [5.74, 6) is 0.279. The minimum Gasteiger partial charge on any atom is -0.471 e. The summed E-state index contributed by atoms with van der Waals surface area (Å²) in [7, 11) is 1.67. The average Bonchev–Trinajstić information content (AvgIpc) is 2.38. The molecule has 0 spiro atoms. The van der Waals surface area contributed by atoms with E-state index in [-0.39, 0.29) is 12.6 Å². The molecule has 6 heteroatoms. The van der Waals surface area contributed by atoms with Crippen molar-refractivity contribution in [1.29, 1.82) is 0 Å². The molecule has 0 fully saturated rings. The number of hydrogen-bond donors (Lipinski definition) is 2. The predicted octanol–water partition coefficient (Wildman–Crippen LogP) is 1.87. The molecule has 98 valence electrons. The van der Waals surface area contributed by atoms with Crippen LogP contribution in [0.25, 0.3) is 0 Å². The van der Waals surface area contributed by atoms with Crippen LogP contribution in [0.2, 0.25) is 5.02 Å². The van der Waals surface area contributed by atoms with Crippen molar-refractivity contribution >= 4 is 23.2 Å². The van der Waals surface area contributed by atoms with Crippen LogP contribution in [0.15, 0.2) is 12.1 Å². The van der Waals surface area contributed by atoms with Gasteiger partial charge in [-0.1, -0.05) is 11.6 Å². The Morgan fingerprint density at radius 2 is 2.39 bits per heavy atom. The lowest BCUT2D eigenvalue weighted by molar-refractivity contribution is 0.0883. The van der Waals surface area contributed by atoms with Crippen molar-refractivity contribution in [3.8, 4) is 5.75 Å². The Morgan fingerprint density at radius 3 is 3.17 bits per heavy atom. The molecule has 2 rings (SSSR count). The minimum atomic E-state index is -0.163. The molecule has 5 nitrogen and oxygen atoms in total. The number of halogens is 1. The Morgan fingerprint density at radius 1 is 1.56 bits per heavy atom. The van der Waals surface area contributed by atoms with E-state index in [1.807, 2.05) is 0 Å². The molecule has 1 heterocycles. The van der Waals surface area contributed by atoms with E-state index in [9.17, 15) is 4.79 Å². The van der Waals surface area contributed by atoms with Crippen LogP contribution < -0.4 is 15.4 Å². The van der Waals surface area contributed by atoms with Crippen molar-refractivity contribution < 1.29 is 14.3 Å². The van der Waals surface area contributed by atoms with Gasteiger partial charge in [-0.3, -0.25) is 4.79 Å². The minimum absolute atomic E-state index is 0.151. The zero-order chi connectivity index (χ0) is 13.0. The van der Waals surface area contributed by atoms with E-state index in [2.05, 4.69) is 10.6 Å². The third kappa shape index (κ3) is 2.68. The molecule has 1 aromatic rings. The molecule has 0 aliphatic carbocycles. The van der Waals surface area contributed by atoms with E-state index < -0.39 is 0 Å². The molecule has 1 amide bonds. The quantitative estimate of drug-likeness (QED) is 0.802. The number of ether oxygens (including phenoxy) is 2. The smallest absolute Gasteiger partial charge is 0.257 e. The Kier molecular flexibility index (Phi) is 4.28. The number of amides is 1. The molecule has 1 aromatic carbocycles. The van der Waals surface area contributed by atoms with Gasteiger partial charge in [0.2, 0.25) is 0 Å². The van der Waals surface area contributed by atoms with Gasteiger partial charge in [0.1, 0.15) is 5.02 Å². The largest absolute Gasteiger partial charge is 0.471 e. The summed E-state index contributed by atoms with van der Waals surface area (Å²) in [6, 6.07) is 3.48. The standard InChI is InChI=1S/C12H15ClN2O3/c1-17-6-2-5-14-9-4-3-8-11(10(9)13)18-7-15-12(8)16/h3-4,14H,2,5-7H2,1H3,(H,15,16).